The minimum atomic E-state index is -0.445. The third-order valence-electron chi connectivity index (χ3n) is 4.19. The van der Waals surface area contributed by atoms with E-state index in [0.29, 0.717) is 18.7 Å². The van der Waals surface area contributed by atoms with Gasteiger partial charge in [-0.1, -0.05) is 13.8 Å². The number of carbonyl (C=O) groups excluding carboxylic acids is 2. The fourth-order valence-corrected chi connectivity index (χ4v) is 2.09. The predicted octanol–water partition coefficient (Wildman–Crippen LogP) is 2.54. The molecule has 23 heavy (non-hydrogen) atoms. The van der Waals surface area contributed by atoms with Crippen LogP contribution in [0.5, 0.6) is 5.75 Å². The second-order valence-electron chi connectivity index (χ2n) is 6.21. The maximum atomic E-state index is 12.1. The Morgan fingerprint density at radius 3 is 2.30 bits per heavy atom. The molecule has 0 spiro atoms. The Bertz CT molecular complexity index is 526. The zero-order valence-electron chi connectivity index (χ0n) is 14.5. The maximum Gasteiger partial charge on any atom is 0.220 e. The topological polar surface area (TPSA) is 81.4 Å². The average molecular weight is 320 g/mol. The lowest BCUT2D eigenvalue weighted by atomic mass is 9.88. The van der Waals surface area contributed by atoms with E-state index in [1.54, 1.807) is 24.3 Å². The van der Waals surface area contributed by atoms with Gasteiger partial charge in [0.2, 0.25) is 5.91 Å². The van der Waals surface area contributed by atoms with Crippen molar-refractivity contribution in [2.24, 2.45) is 11.7 Å². The van der Waals surface area contributed by atoms with Crippen molar-refractivity contribution in [2.75, 3.05) is 13.2 Å². The van der Waals surface area contributed by atoms with Crippen molar-refractivity contribution in [3.05, 3.63) is 29.8 Å². The van der Waals surface area contributed by atoms with Crippen molar-refractivity contribution < 1.29 is 14.3 Å². The Labute approximate surface area is 138 Å². The average Bonchev–Trinajstić information content (AvgIpc) is 2.53. The molecule has 0 aliphatic heterocycles. The van der Waals surface area contributed by atoms with E-state index < -0.39 is 5.54 Å². The van der Waals surface area contributed by atoms with E-state index in [1.807, 2.05) is 27.7 Å². The van der Waals surface area contributed by atoms with Gasteiger partial charge in [0.15, 0.2) is 5.78 Å². The third-order valence-corrected chi connectivity index (χ3v) is 4.19. The number of ether oxygens (including phenoxy) is 1. The first-order valence-corrected chi connectivity index (χ1v) is 8.09. The van der Waals surface area contributed by atoms with Crippen LogP contribution in [0.3, 0.4) is 0 Å². The number of amides is 1. The SMILES string of the molecule is CCOc1ccc(C(=O)CCC(=O)NC(C)(CN)C(C)C)cc1. The van der Waals surface area contributed by atoms with Gasteiger partial charge in [0.25, 0.3) is 0 Å². The lowest BCUT2D eigenvalue weighted by Gasteiger charge is -2.33. The zero-order valence-corrected chi connectivity index (χ0v) is 14.5. The second-order valence-corrected chi connectivity index (χ2v) is 6.21. The molecule has 1 atom stereocenters. The van der Waals surface area contributed by atoms with Crippen LogP contribution in [0.2, 0.25) is 0 Å². The van der Waals surface area contributed by atoms with Gasteiger partial charge in [-0.05, 0) is 44.0 Å². The van der Waals surface area contributed by atoms with Crippen LogP contribution in [0.15, 0.2) is 24.3 Å². The largest absolute Gasteiger partial charge is 0.494 e. The van der Waals surface area contributed by atoms with Crippen molar-refractivity contribution >= 4 is 11.7 Å². The van der Waals surface area contributed by atoms with Gasteiger partial charge in [-0.25, -0.2) is 0 Å². The van der Waals surface area contributed by atoms with Crippen LogP contribution in [0, 0.1) is 5.92 Å². The number of hydrogen-bond acceptors (Lipinski definition) is 4. The molecule has 0 saturated carbocycles. The molecular formula is C18H28N2O3. The van der Waals surface area contributed by atoms with Gasteiger partial charge in [-0.15, -0.1) is 0 Å². The molecule has 0 aromatic heterocycles. The molecule has 1 aromatic rings. The van der Waals surface area contributed by atoms with E-state index in [2.05, 4.69) is 5.32 Å². The molecule has 128 valence electrons. The van der Waals surface area contributed by atoms with Crippen LogP contribution in [-0.2, 0) is 4.79 Å². The summed E-state index contributed by atoms with van der Waals surface area (Å²) in [5.74, 6) is 0.754. The molecule has 0 radical (unpaired) electrons. The van der Waals surface area contributed by atoms with Gasteiger partial charge in [0.05, 0.1) is 12.1 Å². The maximum absolute atomic E-state index is 12.1. The Kier molecular flexibility index (Phi) is 7.23. The highest BCUT2D eigenvalue weighted by Gasteiger charge is 2.28. The van der Waals surface area contributed by atoms with Crippen LogP contribution in [0.1, 0.15) is 50.9 Å². The zero-order chi connectivity index (χ0) is 17.5. The number of Topliss-reactive ketones (excluding diaryl/α,β-unsaturated/α-hetero) is 1. The van der Waals surface area contributed by atoms with E-state index in [1.165, 1.54) is 0 Å². The highest BCUT2D eigenvalue weighted by molar-refractivity contribution is 5.98. The first-order chi connectivity index (χ1) is 10.8. The summed E-state index contributed by atoms with van der Waals surface area (Å²) in [6.45, 7) is 8.80. The Hall–Kier alpha value is -1.88. The smallest absolute Gasteiger partial charge is 0.220 e. The molecule has 0 aliphatic carbocycles. The van der Waals surface area contributed by atoms with Gasteiger partial charge in [0, 0.05) is 24.9 Å². The lowest BCUT2D eigenvalue weighted by Crippen LogP contribution is -2.55. The highest BCUT2D eigenvalue weighted by atomic mass is 16.5. The van der Waals surface area contributed by atoms with Crippen molar-refractivity contribution in [2.45, 2.75) is 46.1 Å². The van der Waals surface area contributed by atoms with Crippen molar-refractivity contribution in [3.8, 4) is 5.75 Å². The Balaban J connectivity index is 2.53. The van der Waals surface area contributed by atoms with Gasteiger partial charge < -0.3 is 15.8 Å². The van der Waals surface area contributed by atoms with Gasteiger partial charge in [-0.2, -0.15) is 0 Å². The molecule has 0 fully saturated rings. The van der Waals surface area contributed by atoms with Gasteiger partial charge in [0.1, 0.15) is 5.75 Å². The summed E-state index contributed by atoms with van der Waals surface area (Å²) in [5.41, 5.74) is 5.89. The molecule has 0 heterocycles. The first kappa shape index (κ1) is 19.2. The number of nitrogens with two attached hydrogens (primary N) is 1. The van der Waals surface area contributed by atoms with Crippen molar-refractivity contribution in [3.63, 3.8) is 0 Å². The van der Waals surface area contributed by atoms with E-state index in [4.69, 9.17) is 10.5 Å². The van der Waals surface area contributed by atoms with E-state index in [9.17, 15) is 9.59 Å². The number of carbonyl (C=O) groups is 2. The van der Waals surface area contributed by atoms with E-state index in [0.717, 1.165) is 5.75 Å². The lowest BCUT2D eigenvalue weighted by molar-refractivity contribution is -0.123. The monoisotopic (exact) mass is 320 g/mol. The molecule has 0 bridgehead atoms. The highest BCUT2D eigenvalue weighted by Crippen LogP contribution is 2.16. The van der Waals surface area contributed by atoms with Crippen LogP contribution >= 0.6 is 0 Å². The Morgan fingerprint density at radius 2 is 1.83 bits per heavy atom. The molecule has 0 saturated heterocycles. The normalized spacial score (nSPS) is 13.5. The quantitative estimate of drug-likeness (QED) is 0.685. The molecular weight excluding hydrogens is 292 g/mol. The minimum Gasteiger partial charge on any atom is -0.494 e. The molecule has 0 aliphatic rings. The van der Waals surface area contributed by atoms with Gasteiger partial charge >= 0.3 is 0 Å². The van der Waals surface area contributed by atoms with Crippen LogP contribution in [0.25, 0.3) is 0 Å². The standard InChI is InChI=1S/C18H28N2O3/c1-5-23-15-8-6-14(7-9-15)16(21)10-11-17(22)20-18(4,12-19)13(2)3/h6-9,13H,5,10-12,19H2,1-4H3,(H,20,22). The molecule has 1 rings (SSSR count). The fourth-order valence-electron chi connectivity index (χ4n) is 2.09. The molecule has 1 amide bonds. The van der Waals surface area contributed by atoms with E-state index >= 15 is 0 Å². The molecule has 3 N–H and O–H groups in total. The van der Waals surface area contributed by atoms with Crippen LogP contribution < -0.4 is 15.8 Å². The van der Waals surface area contributed by atoms with E-state index in [-0.39, 0.29) is 30.4 Å². The fraction of sp³-hybridized carbons (Fsp3) is 0.556. The Morgan fingerprint density at radius 1 is 1.22 bits per heavy atom. The number of ketones is 1. The summed E-state index contributed by atoms with van der Waals surface area (Å²) < 4.78 is 5.34. The summed E-state index contributed by atoms with van der Waals surface area (Å²) in [4.78, 5) is 24.2. The summed E-state index contributed by atoms with van der Waals surface area (Å²) in [6.07, 6.45) is 0.340. The second kappa shape index (κ2) is 8.67. The summed E-state index contributed by atoms with van der Waals surface area (Å²) in [5, 5.41) is 2.94. The molecule has 1 unspecified atom stereocenters. The molecule has 5 heteroatoms. The molecule has 5 nitrogen and oxygen atoms in total. The number of nitrogens with one attached hydrogen (secondary N) is 1. The van der Waals surface area contributed by atoms with Crippen molar-refractivity contribution in [1.82, 2.24) is 5.32 Å². The summed E-state index contributed by atoms with van der Waals surface area (Å²) >= 11 is 0. The molecule has 1 aromatic carbocycles. The minimum absolute atomic E-state index is 0.0535. The summed E-state index contributed by atoms with van der Waals surface area (Å²) in [6, 6.07) is 6.98. The predicted molar refractivity (Wildman–Crippen MR) is 91.6 cm³/mol. The number of hydrogen-bond donors (Lipinski definition) is 2. The number of benzene rings is 1. The first-order valence-electron chi connectivity index (χ1n) is 8.09. The van der Waals surface area contributed by atoms with Gasteiger partial charge in [-0.3, -0.25) is 9.59 Å². The number of rotatable bonds is 9. The summed E-state index contributed by atoms with van der Waals surface area (Å²) in [7, 11) is 0. The van der Waals surface area contributed by atoms with Crippen LogP contribution in [-0.4, -0.2) is 30.4 Å². The van der Waals surface area contributed by atoms with Crippen LogP contribution in [0.4, 0.5) is 0 Å². The van der Waals surface area contributed by atoms with Crippen molar-refractivity contribution in [1.29, 1.82) is 0 Å². The third kappa shape index (κ3) is 5.67.